The van der Waals surface area contributed by atoms with Crippen LogP contribution in [0.15, 0.2) is 6.33 Å². The van der Waals surface area contributed by atoms with E-state index >= 15 is 0 Å². The van der Waals surface area contributed by atoms with E-state index in [-0.39, 0.29) is 30.4 Å². The molecule has 1 aliphatic heterocycles. The van der Waals surface area contributed by atoms with Crippen molar-refractivity contribution in [2.24, 2.45) is 5.73 Å². The first kappa shape index (κ1) is 30.3. The summed E-state index contributed by atoms with van der Waals surface area (Å²) in [6, 6.07) is 1.48. The first-order valence-electron chi connectivity index (χ1n) is 14.9. The maximum atomic E-state index is 12.1. The molecule has 9 nitrogen and oxygen atoms in total. The molecule has 11 heteroatoms. The Balaban J connectivity index is 0.00000176. The number of halogens is 2. The predicted molar refractivity (Wildman–Crippen MR) is 161 cm³/mol. The molecule has 4 aliphatic rings. The molecule has 4 fully saturated rings. The average molecular weight is 582 g/mol. The van der Waals surface area contributed by atoms with Crippen LogP contribution in [0.4, 0.5) is 11.8 Å². The van der Waals surface area contributed by atoms with Gasteiger partial charge in [0.1, 0.15) is 6.29 Å². The molecule has 2 aromatic heterocycles. The monoisotopic (exact) mass is 580 g/mol. The molecule has 0 atom stereocenters. The molecular weight excluding hydrogens is 535 g/mol. The van der Waals surface area contributed by atoms with E-state index in [2.05, 4.69) is 20.1 Å². The maximum absolute atomic E-state index is 12.1. The van der Waals surface area contributed by atoms with Gasteiger partial charge in [-0.15, -0.1) is 24.8 Å². The standard InChI is InChI=1S/C28H44N8O.2ClH/c29-20-8-10-21(11-9-20)32-27-33-25(24-26(34-27)36(19-30-24)23-6-2-3-7-23)31-22-12-16-35(17-13-22)28(18-37)14-4-1-5-15-28;;/h18-23H,1-17,29H2,(H2,31,32,33,34);2*1H. The van der Waals surface area contributed by atoms with Crippen LogP contribution in [0.2, 0.25) is 0 Å². The quantitative estimate of drug-likeness (QED) is 0.381. The van der Waals surface area contributed by atoms with Crippen molar-refractivity contribution in [3.8, 4) is 0 Å². The van der Waals surface area contributed by atoms with Crippen LogP contribution in [-0.2, 0) is 4.79 Å². The second-order valence-corrected chi connectivity index (χ2v) is 12.1. The number of nitrogens with two attached hydrogens (primary N) is 1. The summed E-state index contributed by atoms with van der Waals surface area (Å²) in [6.45, 7) is 1.91. The summed E-state index contributed by atoms with van der Waals surface area (Å²) in [6.07, 6.45) is 20.0. The average Bonchev–Trinajstić information content (AvgIpc) is 3.61. The molecular formula is C28H46Cl2N8O. The molecule has 0 aromatic carbocycles. The van der Waals surface area contributed by atoms with Crippen LogP contribution >= 0.6 is 24.8 Å². The van der Waals surface area contributed by atoms with Crippen LogP contribution in [0.3, 0.4) is 0 Å². The van der Waals surface area contributed by atoms with Gasteiger partial charge in [-0.25, -0.2) is 4.98 Å². The minimum absolute atomic E-state index is 0. The van der Waals surface area contributed by atoms with Gasteiger partial charge in [-0.2, -0.15) is 9.97 Å². The lowest BCUT2D eigenvalue weighted by Gasteiger charge is -2.46. The van der Waals surface area contributed by atoms with Crippen molar-refractivity contribution in [2.75, 3.05) is 23.7 Å². The van der Waals surface area contributed by atoms with Crippen molar-refractivity contribution in [1.29, 1.82) is 0 Å². The Morgan fingerprint density at radius 2 is 1.51 bits per heavy atom. The molecule has 6 rings (SSSR count). The van der Waals surface area contributed by atoms with Crippen LogP contribution in [0, 0.1) is 0 Å². The van der Waals surface area contributed by atoms with Crippen molar-refractivity contribution in [1.82, 2.24) is 24.4 Å². The Labute approximate surface area is 244 Å². The number of piperidine rings is 1. The first-order chi connectivity index (χ1) is 18.1. The van der Waals surface area contributed by atoms with E-state index in [0.29, 0.717) is 30.1 Å². The van der Waals surface area contributed by atoms with Crippen LogP contribution in [0.25, 0.3) is 11.2 Å². The molecule has 39 heavy (non-hydrogen) atoms. The zero-order valence-electron chi connectivity index (χ0n) is 23.0. The highest BCUT2D eigenvalue weighted by Crippen LogP contribution is 2.36. The number of aldehydes is 1. The van der Waals surface area contributed by atoms with Crippen LogP contribution < -0.4 is 16.4 Å². The lowest BCUT2D eigenvalue weighted by Crippen LogP contribution is -2.55. The summed E-state index contributed by atoms with van der Waals surface area (Å²) in [4.78, 5) is 29.4. The fourth-order valence-electron chi connectivity index (χ4n) is 7.31. The molecule has 2 aromatic rings. The second kappa shape index (κ2) is 13.3. The van der Waals surface area contributed by atoms with Gasteiger partial charge in [0.2, 0.25) is 5.95 Å². The zero-order valence-corrected chi connectivity index (χ0v) is 24.7. The van der Waals surface area contributed by atoms with E-state index in [1.807, 2.05) is 6.33 Å². The summed E-state index contributed by atoms with van der Waals surface area (Å²) in [5, 5.41) is 7.40. The third kappa shape index (κ3) is 6.47. The zero-order chi connectivity index (χ0) is 25.2. The molecule has 0 amide bonds. The fraction of sp³-hybridized carbons (Fsp3) is 0.786. The number of hydrogen-bond acceptors (Lipinski definition) is 8. The fourth-order valence-corrected chi connectivity index (χ4v) is 7.31. The highest BCUT2D eigenvalue weighted by molar-refractivity contribution is 5.86. The van der Waals surface area contributed by atoms with Gasteiger partial charge in [-0.1, -0.05) is 32.1 Å². The number of nitrogens with zero attached hydrogens (tertiary/aromatic N) is 5. The SMILES string of the molecule is Cl.Cl.NC1CCC(Nc2nc(NC3CCN(C4(C=O)CCCCC4)CC3)c3ncn(C4CCCC4)c3n2)CC1. The van der Waals surface area contributed by atoms with Crippen molar-refractivity contribution < 1.29 is 4.79 Å². The predicted octanol–water partition coefficient (Wildman–Crippen LogP) is 5.24. The van der Waals surface area contributed by atoms with E-state index in [1.54, 1.807) is 0 Å². The number of carbonyl (C=O) groups excluding carboxylic acids is 1. The number of hydrogen-bond donors (Lipinski definition) is 3. The van der Waals surface area contributed by atoms with E-state index in [9.17, 15) is 4.79 Å². The normalized spacial score (nSPS) is 26.5. The molecule has 0 spiro atoms. The largest absolute Gasteiger partial charge is 0.365 e. The summed E-state index contributed by atoms with van der Waals surface area (Å²) in [7, 11) is 0. The van der Waals surface area contributed by atoms with E-state index in [1.165, 1.54) is 51.2 Å². The number of anilines is 2. The molecule has 3 heterocycles. The molecule has 0 unspecified atom stereocenters. The van der Waals surface area contributed by atoms with Crippen molar-refractivity contribution in [2.45, 2.75) is 126 Å². The van der Waals surface area contributed by atoms with Gasteiger partial charge in [0, 0.05) is 37.3 Å². The highest BCUT2D eigenvalue weighted by atomic mass is 35.5. The Bertz CT molecular complexity index is 1070. The van der Waals surface area contributed by atoms with E-state index in [0.717, 1.165) is 81.4 Å². The van der Waals surface area contributed by atoms with Crippen LogP contribution in [0.1, 0.15) is 102 Å². The molecule has 3 saturated carbocycles. The van der Waals surface area contributed by atoms with E-state index < -0.39 is 0 Å². The Morgan fingerprint density at radius 3 is 2.18 bits per heavy atom. The summed E-state index contributed by atoms with van der Waals surface area (Å²) in [5.74, 6) is 1.55. The Kier molecular flexibility index (Phi) is 10.3. The number of carbonyl (C=O) groups is 1. The molecule has 0 radical (unpaired) electrons. The van der Waals surface area contributed by atoms with Crippen LogP contribution in [0.5, 0.6) is 0 Å². The smallest absolute Gasteiger partial charge is 0.227 e. The number of aromatic nitrogens is 4. The van der Waals surface area contributed by atoms with Gasteiger partial charge in [0.25, 0.3) is 0 Å². The first-order valence-corrected chi connectivity index (χ1v) is 14.9. The lowest BCUT2D eigenvalue weighted by atomic mass is 9.80. The lowest BCUT2D eigenvalue weighted by molar-refractivity contribution is -0.121. The molecule has 3 aliphatic carbocycles. The van der Waals surface area contributed by atoms with Crippen molar-refractivity contribution in [3.63, 3.8) is 0 Å². The third-order valence-corrected chi connectivity index (χ3v) is 9.65. The second-order valence-electron chi connectivity index (χ2n) is 12.1. The molecule has 1 saturated heterocycles. The van der Waals surface area contributed by atoms with Gasteiger partial charge in [0.05, 0.1) is 11.9 Å². The molecule has 0 bridgehead atoms. The maximum Gasteiger partial charge on any atom is 0.227 e. The van der Waals surface area contributed by atoms with E-state index in [4.69, 9.17) is 20.7 Å². The topological polar surface area (TPSA) is 114 Å². The Morgan fingerprint density at radius 1 is 0.846 bits per heavy atom. The van der Waals surface area contributed by atoms with Crippen molar-refractivity contribution in [3.05, 3.63) is 6.33 Å². The number of fused-ring (bicyclic) bond motifs is 1. The number of nitrogens with one attached hydrogen (secondary N) is 2. The minimum atomic E-state index is -0.231. The highest BCUT2D eigenvalue weighted by Gasteiger charge is 2.39. The summed E-state index contributed by atoms with van der Waals surface area (Å²) in [5.41, 5.74) is 7.73. The third-order valence-electron chi connectivity index (χ3n) is 9.65. The summed E-state index contributed by atoms with van der Waals surface area (Å²) < 4.78 is 2.29. The molecule has 4 N–H and O–H groups in total. The molecule has 218 valence electrons. The van der Waals surface area contributed by atoms with Gasteiger partial charge < -0.3 is 25.7 Å². The Hall–Kier alpha value is -1.68. The van der Waals surface area contributed by atoms with Gasteiger partial charge in [-0.3, -0.25) is 4.90 Å². The number of rotatable bonds is 7. The van der Waals surface area contributed by atoms with Crippen molar-refractivity contribution >= 4 is 54.0 Å². The number of likely N-dealkylation sites (tertiary alicyclic amines) is 1. The van der Waals surface area contributed by atoms with Gasteiger partial charge >= 0.3 is 0 Å². The number of imidazole rings is 1. The summed E-state index contributed by atoms with van der Waals surface area (Å²) >= 11 is 0. The van der Waals surface area contributed by atoms with Crippen LogP contribution in [-0.4, -0.2) is 67.5 Å². The van der Waals surface area contributed by atoms with Gasteiger partial charge in [-0.05, 0) is 64.2 Å². The minimum Gasteiger partial charge on any atom is -0.365 e. The van der Waals surface area contributed by atoms with Gasteiger partial charge in [0.15, 0.2) is 17.0 Å².